The van der Waals surface area contributed by atoms with Crippen molar-refractivity contribution in [1.29, 1.82) is 0 Å². The molecule has 1 unspecified atom stereocenters. The number of hydrogen-bond acceptors (Lipinski definition) is 2. The van der Waals surface area contributed by atoms with Crippen molar-refractivity contribution in [2.45, 2.75) is 13.0 Å². The van der Waals surface area contributed by atoms with Gasteiger partial charge in [0.1, 0.15) is 11.9 Å². The minimum atomic E-state index is -1.02. The first-order valence-corrected chi connectivity index (χ1v) is 4.22. The molecule has 0 radical (unpaired) electrons. The Morgan fingerprint density at radius 1 is 1.57 bits per heavy atom. The van der Waals surface area contributed by atoms with E-state index in [-0.39, 0.29) is 5.82 Å². The fraction of sp³-hybridized carbons (Fsp3) is 0.300. The van der Waals surface area contributed by atoms with Gasteiger partial charge in [0.2, 0.25) is 0 Å². The number of aryl methyl sites for hydroxylation is 1. The highest BCUT2D eigenvalue weighted by Crippen LogP contribution is 2.16. The zero-order valence-electron chi connectivity index (χ0n) is 8.04. The molecule has 0 heterocycles. The Hall–Kier alpha value is -1.42. The molecule has 0 bridgehead atoms. The molecule has 1 atom stereocenters. The van der Waals surface area contributed by atoms with Gasteiger partial charge in [-0.25, -0.2) is 4.39 Å². The second kappa shape index (κ2) is 4.19. The van der Waals surface area contributed by atoms with Crippen LogP contribution in [0.2, 0.25) is 0 Å². The summed E-state index contributed by atoms with van der Waals surface area (Å²) in [6.07, 6.45) is 0. The molecule has 1 aromatic carbocycles. The van der Waals surface area contributed by atoms with E-state index in [9.17, 15) is 9.18 Å². The van der Waals surface area contributed by atoms with Crippen LogP contribution < -0.4 is 5.32 Å². The molecule has 4 heteroatoms. The summed E-state index contributed by atoms with van der Waals surface area (Å²) in [4.78, 5) is 10.7. The fourth-order valence-electron chi connectivity index (χ4n) is 1.22. The van der Waals surface area contributed by atoms with Crippen LogP contribution in [0.3, 0.4) is 0 Å². The summed E-state index contributed by atoms with van der Waals surface area (Å²) in [7, 11) is 1.52. The lowest BCUT2D eigenvalue weighted by atomic mass is 10.1. The van der Waals surface area contributed by atoms with Gasteiger partial charge in [0.05, 0.1) is 0 Å². The molecule has 0 aliphatic heterocycles. The monoisotopic (exact) mass is 197 g/mol. The Morgan fingerprint density at radius 2 is 2.21 bits per heavy atom. The van der Waals surface area contributed by atoms with Gasteiger partial charge in [-0.15, -0.1) is 0 Å². The topological polar surface area (TPSA) is 49.3 Å². The number of carboxylic acids is 1. The molecule has 0 aromatic heterocycles. The lowest BCUT2D eigenvalue weighted by molar-refractivity contribution is -0.139. The second-order valence-corrected chi connectivity index (χ2v) is 3.07. The summed E-state index contributed by atoms with van der Waals surface area (Å²) in [5.41, 5.74) is 0.928. The van der Waals surface area contributed by atoms with E-state index >= 15 is 0 Å². The van der Waals surface area contributed by atoms with E-state index in [1.807, 2.05) is 0 Å². The van der Waals surface area contributed by atoms with Crippen molar-refractivity contribution < 1.29 is 14.3 Å². The lowest BCUT2D eigenvalue weighted by Gasteiger charge is -2.11. The Bertz CT molecular complexity index is 352. The van der Waals surface area contributed by atoms with Crippen LogP contribution in [0.25, 0.3) is 0 Å². The molecular formula is C10H12FNO2. The van der Waals surface area contributed by atoms with Crippen molar-refractivity contribution in [2.75, 3.05) is 7.05 Å². The zero-order chi connectivity index (χ0) is 10.7. The number of likely N-dealkylation sites (N-methyl/N-ethyl adjacent to an activating group) is 1. The van der Waals surface area contributed by atoms with E-state index in [1.165, 1.54) is 13.1 Å². The summed E-state index contributed by atoms with van der Waals surface area (Å²) >= 11 is 0. The highest BCUT2D eigenvalue weighted by Gasteiger charge is 2.17. The summed E-state index contributed by atoms with van der Waals surface area (Å²) < 4.78 is 13.1. The van der Waals surface area contributed by atoms with Crippen LogP contribution in [0, 0.1) is 12.7 Å². The van der Waals surface area contributed by atoms with E-state index in [2.05, 4.69) is 5.32 Å². The molecule has 2 N–H and O–H groups in total. The summed E-state index contributed by atoms with van der Waals surface area (Å²) in [6.45, 7) is 1.63. The van der Waals surface area contributed by atoms with Crippen LogP contribution in [-0.4, -0.2) is 18.1 Å². The molecule has 0 aliphatic carbocycles. The SMILES string of the molecule is CNC(C(=O)O)c1ccc(C)c(F)c1. The number of carbonyl (C=O) groups is 1. The summed E-state index contributed by atoms with van der Waals surface area (Å²) in [6, 6.07) is 3.56. The molecule has 0 saturated heterocycles. The Balaban J connectivity index is 3.06. The Morgan fingerprint density at radius 3 is 2.64 bits per heavy atom. The minimum Gasteiger partial charge on any atom is -0.480 e. The zero-order valence-corrected chi connectivity index (χ0v) is 8.04. The average Bonchev–Trinajstić information content (AvgIpc) is 2.11. The predicted molar refractivity (Wildman–Crippen MR) is 50.6 cm³/mol. The van der Waals surface area contributed by atoms with E-state index in [0.29, 0.717) is 11.1 Å². The van der Waals surface area contributed by atoms with Gasteiger partial charge in [-0.3, -0.25) is 4.79 Å². The molecule has 3 nitrogen and oxygen atoms in total. The van der Waals surface area contributed by atoms with Crippen molar-refractivity contribution >= 4 is 5.97 Å². The highest BCUT2D eigenvalue weighted by atomic mass is 19.1. The quantitative estimate of drug-likeness (QED) is 0.771. The fourth-order valence-corrected chi connectivity index (χ4v) is 1.22. The molecule has 14 heavy (non-hydrogen) atoms. The summed E-state index contributed by atoms with van der Waals surface area (Å²) in [5, 5.41) is 11.4. The molecule has 0 fully saturated rings. The Kier molecular flexibility index (Phi) is 3.19. The van der Waals surface area contributed by atoms with Gasteiger partial charge < -0.3 is 10.4 Å². The van der Waals surface area contributed by atoms with E-state index < -0.39 is 12.0 Å². The van der Waals surface area contributed by atoms with Crippen molar-refractivity contribution in [2.24, 2.45) is 0 Å². The maximum atomic E-state index is 13.1. The van der Waals surface area contributed by atoms with Crippen LogP contribution in [0.5, 0.6) is 0 Å². The normalized spacial score (nSPS) is 12.5. The molecule has 1 aromatic rings. The van der Waals surface area contributed by atoms with Crippen molar-refractivity contribution in [3.05, 3.63) is 35.1 Å². The van der Waals surface area contributed by atoms with Crippen molar-refractivity contribution in [3.63, 3.8) is 0 Å². The summed E-state index contributed by atoms with van der Waals surface area (Å²) in [5.74, 6) is -1.40. The van der Waals surface area contributed by atoms with Crippen LogP contribution >= 0.6 is 0 Å². The molecule has 0 spiro atoms. The molecule has 0 saturated carbocycles. The number of halogens is 1. The number of hydrogen-bond donors (Lipinski definition) is 2. The van der Waals surface area contributed by atoms with Gasteiger partial charge in [-0.1, -0.05) is 12.1 Å². The maximum absolute atomic E-state index is 13.1. The third-order valence-electron chi connectivity index (χ3n) is 2.06. The second-order valence-electron chi connectivity index (χ2n) is 3.07. The van der Waals surface area contributed by atoms with Crippen molar-refractivity contribution in [1.82, 2.24) is 5.32 Å². The highest BCUT2D eigenvalue weighted by molar-refractivity contribution is 5.75. The number of aliphatic carboxylic acids is 1. The van der Waals surface area contributed by atoms with Crippen LogP contribution in [0.4, 0.5) is 4.39 Å². The van der Waals surface area contributed by atoms with Crippen molar-refractivity contribution in [3.8, 4) is 0 Å². The van der Waals surface area contributed by atoms with Gasteiger partial charge in [0.25, 0.3) is 0 Å². The lowest BCUT2D eigenvalue weighted by Crippen LogP contribution is -2.25. The van der Waals surface area contributed by atoms with Crippen LogP contribution in [-0.2, 0) is 4.79 Å². The maximum Gasteiger partial charge on any atom is 0.325 e. The first-order chi connectivity index (χ1) is 6.56. The van der Waals surface area contributed by atoms with E-state index in [1.54, 1.807) is 19.1 Å². The number of carboxylic acid groups (broad SMARTS) is 1. The number of rotatable bonds is 3. The van der Waals surface area contributed by atoms with Gasteiger partial charge in [0.15, 0.2) is 0 Å². The first-order valence-electron chi connectivity index (χ1n) is 4.22. The molecule has 76 valence electrons. The number of benzene rings is 1. The molecular weight excluding hydrogens is 185 g/mol. The average molecular weight is 197 g/mol. The van der Waals surface area contributed by atoms with Crippen LogP contribution in [0.15, 0.2) is 18.2 Å². The third-order valence-corrected chi connectivity index (χ3v) is 2.06. The van der Waals surface area contributed by atoms with Gasteiger partial charge in [0, 0.05) is 0 Å². The van der Waals surface area contributed by atoms with Gasteiger partial charge >= 0.3 is 5.97 Å². The smallest absolute Gasteiger partial charge is 0.325 e. The largest absolute Gasteiger partial charge is 0.480 e. The Labute approximate surface area is 81.6 Å². The standard InChI is InChI=1S/C10H12FNO2/c1-6-3-4-7(5-8(6)11)9(12-2)10(13)14/h3-5,9,12H,1-2H3,(H,13,14). The number of nitrogens with one attached hydrogen (secondary N) is 1. The van der Waals surface area contributed by atoms with Crippen LogP contribution in [0.1, 0.15) is 17.2 Å². The minimum absolute atomic E-state index is 0.385. The van der Waals surface area contributed by atoms with E-state index in [0.717, 1.165) is 0 Å². The van der Waals surface area contributed by atoms with Gasteiger partial charge in [-0.2, -0.15) is 0 Å². The van der Waals surface area contributed by atoms with Gasteiger partial charge in [-0.05, 0) is 31.2 Å². The molecule has 1 rings (SSSR count). The predicted octanol–water partition coefficient (Wildman–Crippen LogP) is 1.48. The third kappa shape index (κ3) is 2.09. The molecule has 0 amide bonds. The van der Waals surface area contributed by atoms with E-state index in [4.69, 9.17) is 5.11 Å². The molecule has 0 aliphatic rings. The first kappa shape index (κ1) is 10.7.